The summed E-state index contributed by atoms with van der Waals surface area (Å²) in [5.41, 5.74) is 0.608. The molecule has 1 rings (SSSR count). The summed E-state index contributed by atoms with van der Waals surface area (Å²) in [4.78, 5) is 0. The number of hydrogen-bond donors (Lipinski definition) is 0. The molecule has 80 valence electrons. The number of aromatic nitrogens is 2. The van der Waals surface area contributed by atoms with Crippen LogP contribution in [-0.2, 0) is 11.9 Å². The number of halogens is 3. The van der Waals surface area contributed by atoms with Crippen LogP contribution in [0.25, 0.3) is 0 Å². The van der Waals surface area contributed by atoms with Crippen molar-refractivity contribution in [2.24, 2.45) is 5.92 Å². The third kappa shape index (κ3) is 2.53. The van der Waals surface area contributed by atoms with Gasteiger partial charge in [-0.15, -0.1) is 0 Å². The molecule has 0 atom stereocenters. The van der Waals surface area contributed by atoms with Gasteiger partial charge in [0.25, 0.3) is 6.43 Å². The topological polar surface area (TPSA) is 17.8 Å². The van der Waals surface area contributed by atoms with E-state index in [1.165, 1.54) is 10.9 Å². The molecule has 14 heavy (non-hydrogen) atoms. The maximum absolute atomic E-state index is 12.7. The van der Waals surface area contributed by atoms with Gasteiger partial charge >= 0.3 is 0 Å². The second kappa shape index (κ2) is 4.87. The van der Waals surface area contributed by atoms with Gasteiger partial charge in [-0.3, -0.25) is 4.68 Å². The van der Waals surface area contributed by atoms with Crippen LogP contribution in [0.5, 0.6) is 0 Å². The zero-order valence-electron chi connectivity index (χ0n) is 8.17. The first-order chi connectivity index (χ1) is 6.56. The first-order valence-corrected chi connectivity index (χ1v) is 5.57. The normalized spacial score (nSPS) is 11.6. The maximum atomic E-state index is 12.7. The molecule has 1 heterocycles. The predicted molar refractivity (Wildman–Crippen MR) is 54.7 cm³/mol. The second-order valence-corrected chi connectivity index (χ2v) is 4.13. The van der Waals surface area contributed by atoms with Crippen LogP contribution in [0.15, 0.2) is 6.20 Å². The van der Waals surface area contributed by atoms with Crippen molar-refractivity contribution in [3.8, 4) is 0 Å². The summed E-state index contributed by atoms with van der Waals surface area (Å²) in [6.07, 6.45) is -0.956. The lowest BCUT2D eigenvalue weighted by Gasteiger charge is -2.10. The molecule has 1 aromatic heterocycles. The van der Waals surface area contributed by atoms with E-state index < -0.39 is 6.43 Å². The van der Waals surface area contributed by atoms with Crippen LogP contribution >= 0.6 is 15.9 Å². The first kappa shape index (κ1) is 11.6. The Morgan fingerprint density at radius 2 is 2.14 bits per heavy atom. The third-order valence-corrected chi connectivity index (χ3v) is 2.45. The SMILES string of the molecule is CC(C)Cn1ncc(CBr)c1C(F)F. The Bertz CT molecular complexity index is 297. The highest BCUT2D eigenvalue weighted by molar-refractivity contribution is 9.08. The summed E-state index contributed by atoms with van der Waals surface area (Å²) < 4.78 is 26.7. The molecule has 0 saturated heterocycles. The van der Waals surface area contributed by atoms with Crippen LogP contribution in [0.1, 0.15) is 31.5 Å². The molecule has 0 aliphatic carbocycles. The molecule has 0 radical (unpaired) electrons. The summed E-state index contributed by atoms with van der Waals surface area (Å²) in [6, 6.07) is 0. The molecule has 0 aromatic carbocycles. The summed E-state index contributed by atoms with van der Waals surface area (Å²) in [6.45, 7) is 4.49. The van der Waals surface area contributed by atoms with Crippen LogP contribution in [-0.4, -0.2) is 9.78 Å². The van der Waals surface area contributed by atoms with E-state index in [-0.39, 0.29) is 5.69 Å². The van der Waals surface area contributed by atoms with Gasteiger partial charge in [0.15, 0.2) is 0 Å². The fourth-order valence-electron chi connectivity index (χ4n) is 1.28. The summed E-state index contributed by atoms with van der Waals surface area (Å²) >= 11 is 3.17. The molecular weight excluding hydrogens is 254 g/mol. The minimum Gasteiger partial charge on any atom is -0.263 e. The second-order valence-electron chi connectivity index (χ2n) is 3.57. The van der Waals surface area contributed by atoms with E-state index in [0.29, 0.717) is 23.4 Å². The molecule has 0 aliphatic heterocycles. The van der Waals surface area contributed by atoms with Gasteiger partial charge in [0.2, 0.25) is 0 Å². The van der Waals surface area contributed by atoms with Gasteiger partial charge in [-0.1, -0.05) is 29.8 Å². The van der Waals surface area contributed by atoms with Crippen LogP contribution in [0, 0.1) is 5.92 Å². The Hall–Kier alpha value is -0.450. The standard InChI is InChI=1S/C9H13BrF2N2/c1-6(2)5-14-8(9(11)12)7(3-10)4-13-14/h4,6,9H,3,5H2,1-2H3. The maximum Gasteiger partial charge on any atom is 0.280 e. The van der Waals surface area contributed by atoms with Gasteiger partial charge in [-0.2, -0.15) is 5.10 Å². The zero-order valence-corrected chi connectivity index (χ0v) is 9.76. The van der Waals surface area contributed by atoms with E-state index in [9.17, 15) is 8.78 Å². The highest BCUT2D eigenvalue weighted by Gasteiger charge is 2.19. The fourth-order valence-corrected chi connectivity index (χ4v) is 1.71. The number of hydrogen-bond acceptors (Lipinski definition) is 1. The van der Waals surface area contributed by atoms with Crippen molar-refractivity contribution in [2.75, 3.05) is 0 Å². The van der Waals surface area contributed by atoms with E-state index in [0.717, 1.165) is 0 Å². The van der Waals surface area contributed by atoms with Crippen molar-refractivity contribution in [2.45, 2.75) is 32.1 Å². The smallest absolute Gasteiger partial charge is 0.263 e. The van der Waals surface area contributed by atoms with Gasteiger partial charge in [0.1, 0.15) is 5.69 Å². The van der Waals surface area contributed by atoms with Crippen molar-refractivity contribution < 1.29 is 8.78 Å². The summed E-state index contributed by atoms with van der Waals surface area (Å²) in [5, 5.41) is 4.38. The Balaban J connectivity index is 2.98. The van der Waals surface area contributed by atoms with Crippen molar-refractivity contribution in [3.63, 3.8) is 0 Å². The zero-order chi connectivity index (χ0) is 10.7. The average molecular weight is 267 g/mol. The van der Waals surface area contributed by atoms with E-state index in [2.05, 4.69) is 21.0 Å². The number of alkyl halides is 3. The lowest BCUT2D eigenvalue weighted by atomic mass is 10.2. The van der Waals surface area contributed by atoms with Gasteiger partial charge < -0.3 is 0 Å². The highest BCUT2D eigenvalue weighted by Crippen LogP contribution is 2.25. The third-order valence-electron chi connectivity index (χ3n) is 1.85. The quantitative estimate of drug-likeness (QED) is 0.765. The van der Waals surface area contributed by atoms with Gasteiger partial charge in [0.05, 0.1) is 6.20 Å². The molecule has 0 unspecified atom stereocenters. The molecule has 1 aromatic rings. The molecule has 0 amide bonds. The molecule has 0 aliphatic rings. The van der Waals surface area contributed by atoms with E-state index in [1.807, 2.05) is 13.8 Å². The lowest BCUT2D eigenvalue weighted by Crippen LogP contribution is -2.10. The van der Waals surface area contributed by atoms with Crippen LogP contribution in [0.3, 0.4) is 0 Å². The molecule has 0 spiro atoms. The van der Waals surface area contributed by atoms with Gasteiger partial charge in [-0.05, 0) is 5.92 Å². The van der Waals surface area contributed by atoms with E-state index in [1.54, 1.807) is 0 Å². The number of rotatable bonds is 4. The molecule has 2 nitrogen and oxygen atoms in total. The van der Waals surface area contributed by atoms with Crippen molar-refractivity contribution in [3.05, 3.63) is 17.5 Å². The Morgan fingerprint density at radius 3 is 2.57 bits per heavy atom. The lowest BCUT2D eigenvalue weighted by molar-refractivity contribution is 0.137. The van der Waals surface area contributed by atoms with E-state index >= 15 is 0 Å². The first-order valence-electron chi connectivity index (χ1n) is 4.45. The number of nitrogens with zero attached hydrogens (tertiary/aromatic N) is 2. The minimum absolute atomic E-state index is 0.0376. The Labute approximate surface area is 90.4 Å². The largest absolute Gasteiger partial charge is 0.280 e. The molecular formula is C9H13BrF2N2. The molecule has 0 N–H and O–H groups in total. The van der Waals surface area contributed by atoms with Gasteiger partial charge in [0, 0.05) is 17.4 Å². The Morgan fingerprint density at radius 1 is 1.50 bits per heavy atom. The molecule has 0 fully saturated rings. The van der Waals surface area contributed by atoms with Crippen molar-refractivity contribution in [1.29, 1.82) is 0 Å². The monoisotopic (exact) mass is 266 g/mol. The fraction of sp³-hybridized carbons (Fsp3) is 0.667. The van der Waals surface area contributed by atoms with E-state index in [4.69, 9.17) is 0 Å². The molecule has 0 saturated carbocycles. The predicted octanol–water partition coefficient (Wildman–Crippen LogP) is 3.37. The molecule has 5 heteroatoms. The van der Waals surface area contributed by atoms with Gasteiger partial charge in [-0.25, -0.2) is 8.78 Å². The van der Waals surface area contributed by atoms with Crippen LogP contribution < -0.4 is 0 Å². The Kier molecular flexibility index (Phi) is 4.04. The molecule has 0 bridgehead atoms. The van der Waals surface area contributed by atoms with Crippen molar-refractivity contribution >= 4 is 15.9 Å². The van der Waals surface area contributed by atoms with Crippen molar-refractivity contribution in [1.82, 2.24) is 9.78 Å². The minimum atomic E-state index is -2.45. The summed E-state index contributed by atoms with van der Waals surface area (Å²) in [5.74, 6) is 0.315. The van der Waals surface area contributed by atoms with Crippen LogP contribution in [0.2, 0.25) is 0 Å². The average Bonchev–Trinajstić information content (AvgIpc) is 2.46. The highest BCUT2D eigenvalue weighted by atomic mass is 79.9. The summed E-state index contributed by atoms with van der Waals surface area (Å²) in [7, 11) is 0. The van der Waals surface area contributed by atoms with Crippen LogP contribution in [0.4, 0.5) is 8.78 Å².